The van der Waals surface area contributed by atoms with Crippen molar-refractivity contribution in [2.45, 2.75) is 39.3 Å². The van der Waals surface area contributed by atoms with Crippen molar-refractivity contribution in [2.75, 3.05) is 20.8 Å². The average Bonchev–Trinajstić information content (AvgIpc) is 3.00. The average molecular weight is 376 g/mol. The van der Waals surface area contributed by atoms with Crippen molar-refractivity contribution in [1.82, 2.24) is 9.88 Å². The second kappa shape index (κ2) is 7.63. The van der Waals surface area contributed by atoms with Crippen LogP contribution in [0.4, 0.5) is 0 Å². The quantitative estimate of drug-likeness (QED) is 0.868. The topological polar surface area (TPSA) is 71.9 Å². The van der Waals surface area contributed by atoms with Crippen molar-refractivity contribution in [3.63, 3.8) is 0 Å². The van der Waals surface area contributed by atoms with Crippen LogP contribution in [0.2, 0.25) is 0 Å². The number of hydrogen-bond acceptors (Lipinski definition) is 6. The molecular formula is C19H24N2O4S. The molecule has 3 rings (SSSR count). The number of benzene rings is 1. The number of nitrogens with zero attached hydrogens (tertiary/aromatic N) is 2. The van der Waals surface area contributed by atoms with Crippen LogP contribution in [0, 0.1) is 6.92 Å². The molecule has 1 aromatic heterocycles. The maximum Gasteiger partial charge on any atom is 0.266 e. The van der Waals surface area contributed by atoms with E-state index in [1.807, 2.05) is 6.92 Å². The molecule has 1 unspecified atom stereocenters. The summed E-state index contributed by atoms with van der Waals surface area (Å²) in [5.41, 5.74) is 2.24. The minimum Gasteiger partial charge on any atom is -0.496 e. The Balaban J connectivity index is 1.94. The summed E-state index contributed by atoms with van der Waals surface area (Å²) < 4.78 is 10.8. The first-order valence-corrected chi connectivity index (χ1v) is 9.49. The summed E-state index contributed by atoms with van der Waals surface area (Å²) in [5.74, 6) is 1.15. The van der Waals surface area contributed by atoms with Crippen molar-refractivity contribution < 1.29 is 19.4 Å². The van der Waals surface area contributed by atoms with Crippen LogP contribution in [0.1, 0.15) is 50.9 Å². The van der Waals surface area contributed by atoms with Gasteiger partial charge in [-0.3, -0.25) is 4.79 Å². The Morgan fingerprint density at radius 3 is 2.69 bits per heavy atom. The van der Waals surface area contributed by atoms with Gasteiger partial charge in [-0.15, -0.1) is 11.3 Å². The van der Waals surface area contributed by atoms with Crippen LogP contribution in [0.5, 0.6) is 11.5 Å². The number of carbonyl (C=O) groups is 1. The largest absolute Gasteiger partial charge is 0.496 e. The molecular weight excluding hydrogens is 352 g/mol. The van der Waals surface area contributed by atoms with Crippen LogP contribution >= 0.6 is 11.3 Å². The number of methoxy groups -OCH3 is 2. The Morgan fingerprint density at radius 2 is 2.04 bits per heavy atom. The third-order valence-electron chi connectivity index (χ3n) is 4.58. The number of ether oxygens (including phenoxy) is 2. The number of rotatable bonds is 5. The molecule has 1 amide bonds. The smallest absolute Gasteiger partial charge is 0.266 e. The number of β-amino-alcohol motifs (C(OH)–C–C–N with tert-alkyl or cyclic N) is 1. The minimum absolute atomic E-state index is 0.100. The van der Waals surface area contributed by atoms with Crippen molar-refractivity contribution >= 4 is 17.2 Å². The third-order valence-corrected chi connectivity index (χ3v) is 5.78. The second-order valence-corrected chi connectivity index (χ2v) is 7.42. The molecule has 2 aromatic rings. The Kier molecular flexibility index (Phi) is 5.48. The van der Waals surface area contributed by atoms with Crippen LogP contribution < -0.4 is 9.47 Å². The summed E-state index contributed by atoms with van der Waals surface area (Å²) in [6.45, 7) is 4.54. The summed E-state index contributed by atoms with van der Waals surface area (Å²) in [7, 11) is 3.15. The molecule has 1 aromatic carbocycles. The summed E-state index contributed by atoms with van der Waals surface area (Å²) >= 11 is 1.45. The maximum atomic E-state index is 13.1. The molecule has 1 aliphatic rings. The molecule has 0 radical (unpaired) electrons. The molecule has 0 saturated carbocycles. The lowest BCUT2D eigenvalue weighted by Crippen LogP contribution is -2.38. The molecule has 1 aliphatic heterocycles. The maximum absolute atomic E-state index is 13.1. The fourth-order valence-corrected chi connectivity index (χ4v) is 4.48. The van der Waals surface area contributed by atoms with E-state index in [9.17, 15) is 9.90 Å². The highest BCUT2D eigenvalue weighted by Gasteiger charge is 2.33. The van der Waals surface area contributed by atoms with Gasteiger partial charge in [0.05, 0.1) is 38.0 Å². The fraction of sp³-hybridized carbons (Fsp3) is 0.474. The van der Waals surface area contributed by atoms with E-state index in [1.165, 1.54) is 11.3 Å². The normalized spacial score (nSPS) is 16.3. The van der Waals surface area contributed by atoms with E-state index >= 15 is 0 Å². The Morgan fingerprint density at radius 1 is 1.35 bits per heavy atom. The molecule has 0 spiro atoms. The molecule has 26 heavy (non-hydrogen) atoms. The van der Waals surface area contributed by atoms with E-state index in [1.54, 1.807) is 31.3 Å². The zero-order valence-corrected chi connectivity index (χ0v) is 16.4. The van der Waals surface area contributed by atoms with Crippen LogP contribution in [0.15, 0.2) is 12.1 Å². The summed E-state index contributed by atoms with van der Waals surface area (Å²) in [4.78, 5) is 19.9. The molecule has 7 heteroatoms. The van der Waals surface area contributed by atoms with Gasteiger partial charge in [0.15, 0.2) is 0 Å². The SMILES string of the molecule is CCCc1nc(C)c(C(=O)N2Cc3c(OC)ccc(OC)c3C(O)C2)s1. The number of carbonyl (C=O) groups excluding carboxylic acids is 1. The number of aliphatic hydroxyl groups excluding tert-OH is 1. The number of aryl methyl sites for hydroxylation is 2. The highest BCUT2D eigenvalue weighted by Crippen LogP contribution is 2.40. The van der Waals surface area contributed by atoms with Gasteiger partial charge in [0.1, 0.15) is 22.5 Å². The highest BCUT2D eigenvalue weighted by molar-refractivity contribution is 7.13. The van der Waals surface area contributed by atoms with Gasteiger partial charge in [0.25, 0.3) is 5.91 Å². The summed E-state index contributed by atoms with van der Waals surface area (Å²) in [6.07, 6.45) is 1.04. The van der Waals surface area contributed by atoms with E-state index in [4.69, 9.17) is 9.47 Å². The molecule has 0 bridgehead atoms. The first kappa shape index (κ1) is 18.7. The zero-order chi connectivity index (χ0) is 18.8. The van der Waals surface area contributed by atoms with E-state index in [-0.39, 0.29) is 12.5 Å². The molecule has 0 saturated heterocycles. The first-order chi connectivity index (χ1) is 12.5. The predicted octanol–water partition coefficient (Wildman–Crippen LogP) is 3.11. The van der Waals surface area contributed by atoms with E-state index in [0.29, 0.717) is 28.5 Å². The molecule has 140 valence electrons. The first-order valence-electron chi connectivity index (χ1n) is 8.67. The zero-order valence-electron chi connectivity index (χ0n) is 15.5. The lowest BCUT2D eigenvalue weighted by Gasteiger charge is -2.33. The van der Waals surface area contributed by atoms with Gasteiger partial charge in [-0.05, 0) is 31.9 Å². The predicted molar refractivity (Wildman–Crippen MR) is 100 cm³/mol. The Hall–Kier alpha value is -2.12. The number of thiazole rings is 1. The Labute approximate surface area is 157 Å². The van der Waals surface area contributed by atoms with Gasteiger partial charge in [0, 0.05) is 11.1 Å². The molecule has 1 N–H and O–H groups in total. The third kappa shape index (κ3) is 3.29. The van der Waals surface area contributed by atoms with Gasteiger partial charge >= 0.3 is 0 Å². The van der Waals surface area contributed by atoms with Crippen LogP contribution in [0.25, 0.3) is 0 Å². The molecule has 0 aliphatic carbocycles. The van der Waals surface area contributed by atoms with E-state index in [2.05, 4.69) is 11.9 Å². The van der Waals surface area contributed by atoms with Gasteiger partial charge in [0.2, 0.25) is 0 Å². The number of fused-ring (bicyclic) bond motifs is 1. The number of aliphatic hydroxyl groups is 1. The lowest BCUT2D eigenvalue weighted by atomic mass is 9.95. The van der Waals surface area contributed by atoms with Crippen molar-refractivity contribution in [2.24, 2.45) is 0 Å². The second-order valence-electron chi connectivity index (χ2n) is 6.34. The summed E-state index contributed by atoms with van der Waals surface area (Å²) in [5, 5.41) is 11.7. The standard InChI is InChI=1S/C19H24N2O4S/c1-5-6-16-20-11(2)18(26-16)19(23)21-9-12-14(24-3)7-8-15(25-4)17(12)13(22)10-21/h7-8,13,22H,5-6,9-10H2,1-4H3. The lowest BCUT2D eigenvalue weighted by molar-refractivity contribution is 0.0542. The van der Waals surface area contributed by atoms with Crippen LogP contribution in [-0.2, 0) is 13.0 Å². The van der Waals surface area contributed by atoms with Gasteiger partial charge in [-0.2, -0.15) is 0 Å². The monoisotopic (exact) mass is 376 g/mol. The number of aromatic nitrogens is 1. The van der Waals surface area contributed by atoms with Crippen LogP contribution in [0.3, 0.4) is 0 Å². The fourth-order valence-electron chi connectivity index (χ4n) is 3.35. The van der Waals surface area contributed by atoms with Gasteiger partial charge < -0.3 is 19.5 Å². The molecule has 0 fully saturated rings. The van der Waals surface area contributed by atoms with Crippen molar-refractivity contribution in [3.05, 3.63) is 38.8 Å². The van der Waals surface area contributed by atoms with Gasteiger partial charge in [-0.25, -0.2) is 4.98 Å². The molecule has 2 heterocycles. The van der Waals surface area contributed by atoms with E-state index in [0.717, 1.165) is 29.1 Å². The molecule has 1 atom stereocenters. The highest BCUT2D eigenvalue weighted by atomic mass is 32.1. The van der Waals surface area contributed by atoms with E-state index < -0.39 is 6.10 Å². The number of hydrogen-bond donors (Lipinski definition) is 1. The van der Waals surface area contributed by atoms with Gasteiger partial charge in [-0.1, -0.05) is 6.92 Å². The number of amides is 1. The van der Waals surface area contributed by atoms with Crippen molar-refractivity contribution in [1.29, 1.82) is 0 Å². The van der Waals surface area contributed by atoms with Crippen molar-refractivity contribution in [3.8, 4) is 11.5 Å². The minimum atomic E-state index is -0.823. The van der Waals surface area contributed by atoms with Crippen LogP contribution in [-0.4, -0.2) is 41.7 Å². The Bertz CT molecular complexity index is 818. The molecule has 6 nitrogen and oxygen atoms in total. The summed E-state index contributed by atoms with van der Waals surface area (Å²) in [6, 6.07) is 3.58.